The van der Waals surface area contributed by atoms with Crippen molar-refractivity contribution in [3.8, 4) is 0 Å². The molecule has 98 valence electrons. The van der Waals surface area contributed by atoms with Gasteiger partial charge in [-0.25, -0.2) is 13.1 Å². The fraction of sp³-hybridized carbons (Fsp3) is 0.700. The summed E-state index contributed by atoms with van der Waals surface area (Å²) in [4.78, 5) is 0. The lowest BCUT2D eigenvalue weighted by molar-refractivity contribution is 0.574. The van der Waals surface area contributed by atoms with Crippen LogP contribution in [0.1, 0.15) is 25.3 Å². The number of aromatic nitrogens is 2. The molecule has 0 unspecified atom stereocenters. The van der Waals surface area contributed by atoms with E-state index in [-0.39, 0.29) is 5.75 Å². The maximum absolute atomic E-state index is 11.6. The van der Waals surface area contributed by atoms with Crippen molar-refractivity contribution in [2.75, 3.05) is 18.8 Å². The summed E-state index contributed by atoms with van der Waals surface area (Å²) in [5.41, 5.74) is 0.834. The summed E-state index contributed by atoms with van der Waals surface area (Å²) in [6.45, 7) is 4.12. The fourth-order valence-corrected chi connectivity index (χ4v) is 2.47. The monoisotopic (exact) mass is 260 g/mol. The first-order chi connectivity index (χ1) is 8.14. The van der Waals surface area contributed by atoms with E-state index < -0.39 is 10.0 Å². The van der Waals surface area contributed by atoms with E-state index in [1.165, 1.54) is 0 Å². The van der Waals surface area contributed by atoms with E-state index in [0.717, 1.165) is 25.1 Å². The molecular formula is C10H20N4O2S. The van der Waals surface area contributed by atoms with Crippen molar-refractivity contribution < 1.29 is 8.42 Å². The third-order valence-electron chi connectivity index (χ3n) is 2.32. The topological polar surface area (TPSA) is 86.9 Å². The summed E-state index contributed by atoms with van der Waals surface area (Å²) < 4.78 is 25.7. The number of unbranched alkanes of at least 4 members (excludes halogenated alkanes) is 1. The SMILES string of the molecule is CCNCCCCS(=O)(=O)NCc1cn[nH]c1. The number of sulfonamides is 1. The molecule has 6 nitrogen and oxygen atoms in total. The van der Waals surface area contributed by atoms with Gasteiger partial charge in [0.1, 0.15) is 0 Å². The lowest BCUT2D eigenvalue weighted by Gasteiger charge is -2.05. The molecule has 17 heavy (non-hydrogen) atoms. The zero-order valence-electron chi connectivity index (χ0n) is 10.1. The summed E-state index contributed by atoms with van der Waals surface area (Å²) in [5, 5.41) is 9.55. The quantitative estimate of drug-likeness (QED) is 0.554. The van der Waals surface area contributed by atoms with Crippen LogP contribution in [-0.2, 0) is 16.6 Å². The molecule has 1 aromatic heterocycles. The molecule has 1 aromatic rings. The summed E-state index contributed by atoms with van der Waals surface area (Å²) >= 11 is 0. The van der Waals surface area contributed by atoms with Crippen LogP contribution in [-0.4, -0.2) is 37.5 Å². The van der Waals surface area contributed by atoms with Crippen molar-refractivity contribution in [2.45, 2.75) is 26.3 Å². The fourth-order valence-electron chi connectivity index (χ4n) is 1.36. The van der Waals surface area contributed by atoms with Crippen molar-refractivity contribution >= 4 is 10.0 Å². The Bertz CT molecular complexity index is 388. The molecule has 0 bridgehead atoms. The number of nitrogens with one attached hydrogen (secondary N) is 3. The van der Waals surface area contributed by atoms with Crippen LogP contribution in [0.4, 0.5) is 0 Å². The van der Waals surface area contributed by atoms with Gasteiger partial charge in [0.15, 0.2) is 0 Å². The van der Waals surface area contributed by atoms with Crippen LogP contribution in [0.15, 0.2) is 12.4 Å². The van der Waals surface area contributed by atoms with Crippen LogP contribution in [0.25, 0.3) is 0 Å². The Hall–Kier alpha value is -0.920. The highest BCUT2D eigenvalue weighted by Gasteiger charge is 2.09. The molecule has 0 radical (unpaired) electrons. The molecule has 0 spiro atoms. The Morgan fingerprint density at radius 2 is 2.24 bits per heavy atom. The molecule has 7 heteroatoms. The maximum Gasteiger partial charge on any atom is 0.211 e. The zero-order valence-corrected chi connectivity index (χ0v) is 10.9. The number of hydrogen-bond acceptors (Lipinski definition) is 4. The van der Waals surface area contributed by atoms with Crippen LogP contribution < -0.4 is 10.0 Å². The van der Waals surface area contributed by atoms with Crippen LogP contribution in [0.3, 0.4) is 0 Å². The average Bonchev–Trinajstić information content (AvgIpc) is 2.79. The molecular weight excluding hydrogens is 240 g/mol. The van der Waals surface area contributed by atoms with Gasteiger partial charge in [-0.15, -0.1) is 0 Å². The van der Waals surface area contributed by atoms with E-state index in [4.69, 9.17) is 0 Å². The molecule has 0 aliphatic rings. The Morgan fingerprint density at radius 1 is 1.41 bits per heavy atom. The highest BCUT2D eigenvalue weighted by atomic mass is 32.2. The predicted molar refractivity (Wildman–Crippen MR) is 67.0 cm³/mol. The summed E-state index contributed by atoms with van der Waals surface area (Å²) in [7, 11) is -3.16. The molecule has 1 rings (SSSR count). The summed E-state index contributed by atoms with van der Waals surface area (Å²) in [6, 6.07) is 0. The minimum atomic E-state index is -3.16. The predicted octanol–water partition coefficient (Wildman–Crippen LogP) is 0.219. The van der Waals surface area contributed by atoms with Crippen LogP contribution in [0, 0.1) is 0 Å². The zero-order chi connectivity index (χ0) is 12.6. The van der Waals surface area contributed by atoms with Gasteiger partial charge in [0, 0.05) is 18.3 Å². The molecule has 0 saturated heterocycles. The first kappa shape index (κ1) is 14.1. The van der Waals surface area contributed by atoms with E-state index >= 15 is 0 Å². The third-order valence-corrected chi connectivity index (χ3v) is 3.73. The van der Waals surface area contributed by atoms with Crippen molar-refractivity contribution in [3.63, 3.8) is 0 Å². The van der Waals surface area contributed by atoms with Gasteiger partial charge < -0.3 is 5.32 Å². The van der Waals surface area contributed by atoms with Crippen LogP contribution in [0.5, 0.6) is 0 Å². The number of H-pyrrole nitrogens is 1. The van der Waals surface area contributed by atoms with E-state index in [0.29, 0.717) is 13.0 Å². The van der Waals surface area contributed by atoms with Crippen molar-refractivity contribution in [1.29, 1.82) is 0 Å². The van der Waals surface area contributed by atoms with Gasteiger partial charge in [-0.05, 0) is 25.9 Å². The van der Waals surface area contributed by atoms with Gasteiger partial charge in [-0.1, -0.05) is 6.92 Å². The van der Waals surface area contributed by atoms with E-state index in [1.807, 2.05) is 6.92 Å². The van der Waals surface area contributed by atoms with E-state index in [2.05, 4.69) is 20.2 Å². The smallest absolute Gasteiger partial charge is 0.211 e. The van der Waals surface area contributed by atoms with Crippen LogP contribution in [0.2, 0.25) is 0 Å². The van der Waals surface area contributed by atoms with Gasteiger partial charge in [0.2, 0.25) is 10.0 Å². The van der Waals surface area contributed by atoms with Crippen LogP contribution >= 0.6 is 0 Å². The normalized spacial score (nSPS) is 11.8. The number of hydrogen-bond donors (Lipinski definition) is 3. The molecule has 0 aliphatic heterocycles. The highest BCUT2D eigenvalue weighted by Crippen LogP contribution is 1.97. The lowest BCUT2D eigenvalue weighted by atomic mass is 10.3. The highest BCUT2D eigenvalue weighted by molar-refractivity contribution is 7.89. The Balaban J connectivity index is 2.17. The first-order valence-electron chi connectivity index (χ1n) is 5.80. The average molecular weight is 260 g/mol. The van der Waals surface area contributed by atoms with Crippen molar-refractivity contribution in [2.24, 2.45) is 0 Å². The largest absolute Gasteiger partial charge is 0.317 e. The standard InChI is InChI=1S/C10H20N4O2S/c1-2-11-5-3-4-6-17(15,16)14-9-10-7-12-13-8-10/h7-8,11,14H,2-6,9H2,1H3,(H,12,13). The molecule has 0 fully saturated rings. The third kappa shape index (κ3) is 6.40. The molecule has 0 aromatic carbocycles. The second kappa shape index (κ2) is 7.41. The Morgan fingerprint density at radius 3 is 2.88 bits per heavy atom. The molecule has 0 amide bonds. The molecule has 0 atom stereocenters. The van der Waals surface area contributed by atoms with Crippen molar-refractivity contribution in [1.82, 2.24) is 20.2 Å². The van der Waals surface area contributed by atoms with Gasteiger partial charge in [0.05, 0.1) is 11.9 Å². The molecule has 1 heterocycles. The minimum absolute atomic E-state index is 0.177. The Kier molecular flexibility index (Phi) is 6.17. The van der Waals surface area contributed by atoms with Gasteiger partial charge >= 0.3 is 0 Å². The second-order valence-electron chi connectivity index (χ2n) is 3.81. The van der Waals surface area contributed by atoms with Crippen molar-refractivity contribution in [3.05, 3.63) is 18.0 Å². The maximum atomic E-state index is 11.6. The first-order valence-corrected chi connectivity index (χ1v) is 7.45. The number of nitrogens with zero attached hydrogens (tertiary/aromatic N) is 1. The molecule has 0 saturated carbocycles. The van der Waals surface area contributed by atoms with Gasteiger partial charge in [-0.2, -0.15) is 5.10 Å². The second-order valence-corrected chi connectivity index (χ2v) is 5.73. The molecule has 0 aliphatic carbocycles. The molecule has 3 N–H and O–H groups in total. The lowest BCUT2D eigenvalue weighted by Crippen LogP contribution is -2.26. The van der Waals surface area contributed by atoms with Gasteiger partial charge in [-0.3, -0.25) is 5.10 Å². The number of aromatic amines is 1. The number of rotatable bonds is 9. The summed E-state index contributed by atoms with van der Waals surface area (Å²) in [5.74, 6) is 0.177. The van der Waals surface area contributed by atoms with Gasteiger partial charge in [0.25, 0.3) is 0 Å². The Labute approximate surface area is 102 Å². The summed E-state index contributed by atoms with van der Waals surface area (Å²) in [6.07, 6.45) is 4.83. The minimum Gasteiger partial charge on any atom is -0.317 e. The van der Waals surface area contributed by atoms with E-state index in [1.54, 1.807) is 12.4 Å². The van der Waals surface area contributed by atoms with E-state index in [9.17, 15) is 8.42 Å².